The van der Waals surface area contributed by atoms with Crippen LogP contribution in [0, 0.1) is 17.1 Å². The van der Waals surface area contributed by atoms with Crippen LogP contribution >= 0.6 is 27.5 Å². The first-order valence-electron chi connectivity index (χ1n) is 5.97. The summed E-state index contributed by atoms with van der Waals surface area (Å²) in [6.07, 6.45) is -0.788. The Bertz CT molecular complexity index is 728. The van der Waals surface area contributed by atoms with Gasteiger partial charge < -0.3 is 9.84 Å². The Balaban J connectivity index is 2.48. The van der Waals surface area contributed by atoms with Gasteiger partial charge in [0.05, 0.1) is 27.2 Å². The van der Waals surface area contributed by atoms with Crippen LogP contribution < -0.4 is 4.74 Å². The van der Waals surface area contributed by atoms with Crippen molar-refractivity contribution in [3.63, 3.8) is 0 Å². The van der Waals surface area contributed by atoms with Crippen molar-refractivity contribution < 1.29 is 14.2 Å². The summed E-state index contributed by atoms with van der Waals surface area (Å²) in [4.78, 5) is 0. The molecule has 2 aromatic carbocycles. The zero-order chi connectivity index (χ0) is 15.6. The van der Waals surface area contributed by atoms with Gasteiger partial charge in [-0.3, -0.25) is 0 Å². The van der Waals surface area contributed by atoms with Gasteiger partial charge >= 0.3 is 0 Å². The molecule has 2 rings (SSSR count). The minimum atomic E-state index is -0.788. The van der Waals surface area contributed by atoms with Gasteiger partial charge in [-0.1, -0.05) is 17.7 Å². The van der Waals surface area contributed by atoms with Gasteiger partial charge in [-0.25, -0.2) is 4.39 Å². The van der Waals surface area contributed by atoms with Crippen molar-refractivity contribution in [2.24, 2.45) is 0 Å². The molecule has 2 aromatic rings. The van der Waals surface area contributed by atoms with Crippen LogP contribution in [0.25, 0.3) is 0 Å². The molecule has 1 atom stereocenters. The van der Waals surface area contributed by atoms with Gasteiger partial charge in [0.15, 0.2) is 0 Å². The first-order chi connectivity index (χ1) is 9.92. The van der Waals surface area contributed by atoms with Gasteiger partial charge in [0.2, 0.25) is 0 Å². The monoisotopic (exact) mass is 369 g/mol. The summed E-state index contributed by atoms with van der Waals surface area (Å²) >= 11 is 8.91. The number of ether oxygens (including phenoxy) is 1. The molecule has 0 saturated heterocycles. The van der Waals surface area contributed by atoms with Gasteiger partial charge in [-0.2, -0.15) is 5.26 Å². The van der Waals surface area contributed by atoms with Crippen molar-refractivity contribution in [3.8, 4) is 17.6 Å². The predicted molar refractivity (Wildman–Crippen MR) is 81.0 cm³/mol. The van der Waals surface area contributed by atoms with E-state index in [1.807, 2.05) is 6.07 Å². The lowest BCUT2D eigenvalue weighted by atomic mass is 10.1. The zero-order valence-corrected chi connectivity index (χ0v) is 13.2. The molecule has 0 heterocycles. The maximum atomic E-state index is 13.5. The highest BCUT2D eigenvalue weighted by Crippen LogP contribution is 2.36. The van der Waals surface area contributed by atoms with Crippen LogP contribution in [-0.2, 0) is 0 Å². The molecule has 0 fully saturated rings. The Kier molecular flexibility index (Phi) is 4.84. The molecular formula is C15H10BrClFNO2. The van der Waals surface area contributed by atoms with E-state index >= 15 is 0 Å². The lowest BCUT2D eigenvalue weighted by molar-refractivity contribution is 0.195. The molecule has 0 spiro atoms. The van der Waals surface area contributed by atoms with Crippen LogP contribution in [0.1, 0.15) is 24.2 Å². The Hall–Kier alpha value is -1.61. The summed E-state index contributed by atoms with van der Waals surface area (Å²) < 4.78 is 19.6. The van der Waals surface area contributed by atoms with E-state index in [0.29, 0.717) is 15.6 Å². The fourth-order valence-corrected chi connectivity index (χ4v) is 2.46. The number of benzene rings is 2. The molecule has 0 radical (unpaired) electrons. The van der Waals surface area contributed by atoms with Crippen molar-refractivity contribution in [2.75, 3.05) is 0 Å². The minimum Gasteiger partial charge on any atom is -0.456 e. The number of hydrogen-bond donors (Lipinski definition) is 1. The van der Waals surface area contributed by atoms with E-state index < -0.39 is 11.9 Å². The molecule has 1 unspecified atom stereocenters. The van der Waals surface area contributed by atoms with Crippen LogP contribution in [0.4, 0.5) is 4.39 Å². The third-order valence-corrected chi connectivity index (χ3v) is 3.70. The van der Waals surface area contributed by atoms with Gasteiger partial charge in [-0.15, -0.1) is 0 Å². The number of hydrogen-bond acceptors (Lipinski definition) is 3. The summed E-state index contributed by atoms with van der Waals surface area (Å²) in [5.41, 5.74) is 0.871. The van der Waals surface area contributed by atoms with E-state index in [-0.39, 0.29) is 16.5 Å². The molecule has 0 saturated carbocycles. The third kappa shape index (κ3) is 3.53. The molecule has 3 nitrogen and oxygen atoms in total. The predicted octanol–water partition coefficient (Wildman–Crippen LogP) is 4.96. The number of rotatable bonds is 3. The molecule has 0 amide bonds. The molecule has 0 aliphatic rings. The standard InChI is InChI=1S/C15H10BrClFNO2/c1-8(20)10-3-2-9(7-19)4-14(10)21-15-6-13(18)12(17)5-11(15)16/h2-6,8,20H,1H3. The number of nitrogens with zero attached hydrogens (tertiary/aromatic N) is 1. The Morgan fingerprint density at radius 1 is 1.33 bits per heavy atom. The average molecular weight is 371 g/mol. The van der Waals surface area contributed by atoms with E-state index in [4.69, 9.17) is 21.6 Å². The molecule has 108 valence electrons. The lowest BCUT2D eigenvalue weighted by Crippen LogP contribution is -1.97. The number of halogens is 3. The van der Waals surface area contributed by atoms with Crippen LogP contribution in [0.3, 0.4) is 0 Å². The summed E-state index contributed by atoms with van der Waals surface area (Å²) in [7, 11) is 0. The Labute approximate surface area is 134 Å². The quantitative estimate of drug-likeness (QED) is 0.777. The first kappa shape index (κ1) is 15.8. The summed E-state index contributed by atoms with van der Waals surface area (Å²) in [6, 6.07) is 9.16. The molecule has 0 bridgehead atoms. The smallest absolute Gasteiger partial charge is 0.145 e. The molecule has 1 N–H and O–H groups in total. The van der Waals surface area contributed by atoms with Gasteiger partial charge in [0.25, 0.3) is 0 Å². The topological polar surface area (TPSA) is 53.2 Å². The zero-order valence-electron chi connectivity index (χ0n) is 10.9. The highest BCUT2D eigenvalue weighted by Gasteiger charge is 2.14. The van der Waals surface area contributed by atoms with Gasteiger partial charge in [0, 0.05) is 11.6 Å². The molecule has 0 aliphatic carbocycles. The maximum absolute atomic E-state index is 13.5. The van der Waals surface area contributed by atoms with Crippen LogP contribution in [-0.4, -0.2) is 5.11 Å². The summed E-state index contributed by atoms with van der Waals surface area (Å²) in [6.45, 7) is 1.58. The SMILES string of the molecule is CC(O)c1ccc(C#N)cc1Oc1cc(F)c(Cl)cc1Br. The summed E-state index contributed by atoms with van der Waals surface area (Å²) in [5, 5.41) is 18.7. The average Bonchev–Trinajstić information content (AvgIpc) is 2.44. The normalized spacial score (nSPS) is 11.8. The molecule has 0 aliphatic heterocycles. The Morgan fingerprint density at radius 2 is 2.05 bits per heavy atom. The maximum Gasteiger partial charge on any atom is 0.145 e. The van der Waals surface area contributed by atoms with E-state index in [1.165, 1.54) is 12.1 Å². The number of nitriles is 1. The third-order valence-electron chi connectivity index (χ3n) is 2.79. The second-order valence-electron chi connectivity index (χ2n) is 4.34. The van der Waals surface area contributed by atoms with Crippen LogP contribution in [0.2, 0.25) is 5.02 Å². The second-order valence-corrected chi connectivity index (χ2v) is 5.60. The van der Waals surface area contributed by atoms with Crippen molar-refractivity contribution in [3.05, 3.63) is 56.8 Å². The van der Waals surface area contributed by atoms with Crippen molar-refractivity contribution in [2.45, 2.75) is 13.0 Å². The number of aliphatic hydroxyl groups is 1. The fraction of sp³-hybridized carbons (Fsp3) is 0.133. The second kappa shape index (κ2) is 6.44. The van der Waals surface area contributed by atoms with Crippen molar-refractivity contribution >= 4 is 27.5 Å². The largest absolute Gasteiger partial charge is 0.456 e. The fourth-order valence-electron chi connectivity index (χ4n) is 1.74. The van der Waals surface area contributed by atoms with Crippen molar-refractivity contribution in [1.29, 1.82) is 5.26 Å². The number of aliphatic hydroxyl groups excluding tert-OH is 1. The molecule has 21 heavy (non-hydrogen) atoms. The molecule has 0 aromatic heterocycles. The van der Waals surface area contributed by atoms with Crippen molar-refractivity contribution in [1.82, 2.24) is 0 Å². The lowest BCUT2D eigenvalue weighted by Gasteiger charge is -2.14. The first-order valence-corrected chi connectivity index (χ1v) is 7.14. The van der Waals surface area contributed by atoms with E-state index in [1.54, 1.807) is 19.1 Å². The van der Waals surface area contributed by atoms with Gasteiger partial charge in [0.1, 0.15) is 17.3 Å². The van der Waals surface area contributed by atoms with Crippen LogP contribution in [0.15, 0.2) is 34.8 Å². The minimum absolute atomic E-state index is 0.0317. The van der Waals surface area contributed by atoms with E-state index in [0.717, 1.165) is 6.07 Å². The molecule has 6 heteroatoms. The highest BCUT2D eigenvalue weighted by molar-refractivity contribution is 9.10. The Morgan fingerprint density at radius 3 is 2.67 bits per heavy atom. The van der Waals surface area contributed by atoms with Crippen LogP contribution in [0.5, 0.6) is 11.5 Å². The van der Waals surface area contributed by atoms with E-state index in [2.05, 4.69) is 15.9 Å². The summed E-state index contributed by atoms with van der Waals surface area (Å²) in [5.74, 6) is -0.134. The molecular weight excluding hydrogens is 361 g/mol. The van der Waals surface area contributed by atoms with E-state index in [9.17, 15) is 9.50 Å². The van der Waals surface area contributed by atoms with Gasteiger partial charge in [-0.05, 0) is 41.1 Å². The highest BCUT2D eigenvalue weighted by atomic mass is 79.9.